The third-order valence-corrected chi connectivity index (χ3v) is 5.78. The Hall–Kier alpha value is -2.25. The molecule has 1 aromatic heterocycles. The summed E-state index contributed by atoms with van der Waals surface area (Å²) in [5, 5.41) is 0.0484. The maximum Gasteiger partial charge on any atom is 0.420 e. The minimum atomic E-state index is -0.620. The van der Waals surface area contributed by atoms with Crippen molar-refractivity contribution in [3.8, 4) is 0 Å². The summed E-state index contributed by atoms with van der Waals surface area (Å²) in [6, 6.07) is 11.2. The van der Waals surface area contributed by atoms with Crippen molar-refractivity contribution < 1.29 is 13.6 Å². The fourth-order valence-electron chi connectivity index (χ4n) is 3.07. The number of benzene rings is 2. The van der Waals surface area contributed by atoms with E-state index in [0.29, 0.717) is 34.0 Å². The number of aromatic nitrogens is 1. The molecule has 1 aliphatic heterocycles. The van der Waals surface area contributed by atoms with Gasteiger partial charge in [0.05, 0.1) is 5.52 Å². The van der Waals surface area contributed by atoms with E-state index in [1.54, 1.807) is 35.2 Å². The predicted molar refractivity (Wildman–Crippen MR) is 98.8 cm³/mol. The van der Waals surface area contributed by atoms with E-state index in [9.17, 15) is 14.0 Å². The fourth-order valence-corrected chi connectivity index (χ4v) is 4.54. The van der Waals surface area contributed by atoms with Crippen molar-refractivity contribution in [1.29, 1.82) is 0 Å². The molecular formula is C18H14ClFN2O3S. The SMILES string of the molecule is O=C(Cn1c(=O)oc2cc(Cl)ccc21)N1CCS[C@@H]1c1ccccc1F. The summed E-state index contributed by atoms with van der Waals surface area (Å²) >= 11 is 7.41. The Balaban J connectivity index is 1.63. The second kappa shape index (κ2) is 6.81. The highest BCUT2D eigenvalue weighted by Crippen LogP contribution is 2.39. The van der Waals surface area contributed by atoms with Crippen molar-refractivity contribution in [2.45, 2.75) is 11.9 Å². The number of thioether (sulfide) groups is 1. The number of hydrogen-bond acceptors (Lipinski definition) is 4. The summed E-state index contributed by atoms with van der Waals surface area (Å²) in [5.74, 6) is -0.514. The summed E-state index contributed by atoms with van der Waals surface area (Å²) in [4.78, 5) is 26.6. The van der Waals surface area contributed by atoms with Crippen molar-refractivity contribution in [3.63, 3.8) is 0 Å². The second-order valence-electron chi connectivity index (χ2n) is 5.90. The molecule has 0 saturated carbocycles. The van der Waals surface area contributed by atoms with Crippen LogP contribution in [-0.2, 0) is 11.3 Å². The van der Waals surface area contributed by atoms with Gasteiger partial charge in [0.15, 0.2) is 5.58 Å². The number of halogens is 2. The summed E-state index contributed by atoms with van der Waals surface area (Å²) < 4.78 is 20.6. The van der Waals surface area contributed by atoms with Gasteiger partial charge >= 0.3 is 5.76 Å². The molecule has 0 spiro atoms. The Morgan fingerprint density at radius 3 is 2.92 bits per heavy atom. The van der Waals surface area contributed by atoms with Crippen molar-refractivity contribution in [2.24, 2.45) is 0 Å². The van der Waals surface area contributed by atoms with Gasteiger partial charge in [-0.1, -0.05) is 29.8 Å². The maximum absolute atomic E-state index is 14.1. The van der Waals surface area contributed by atoms with Crippen LogP contribution in [0.4, 0.5) is 4.39 Å². The normalized spacial score (nSPS) is 17.2. The van der Waals surface area contributed by atoms with Crippen LogP contribution in [0.2, 0.25) is 5.02 Å². The molecule has 3 aromatic rings. The molecule has 0 aliphatic carbocycles. The van der Waals surface area contributed by atoms with Gasteiger partial charge in [-0.15, -0.1) is 11.8 Å². The first-order valence-corrected chi connectivity index (χ1v) is 9.41. The summed E-state index contributed by atoms with van der Waals surface area (Å²) in [7, 11) is 0. The van der Waals surface area contributed by atoms with Crippen LogP contribution in [0.1, 0.15) is 10.9 Å². The average molecular weight is 393 g/mol. The third-order valence-electron chi connectivity index (χ3n) is 4.31. The fraction of sp³-hybridized carbons (Fsp3) is 0.222. The topological polar surface area (TPSA) is 55.5 Å². The molecule has 0 N–H and O–H groups in total. The summed E-state index contributed by atoms with van der Waals surface area (Å²) in [6.45, 7) is 0.331. The third kappa shape index (κ3) is 3.01. The highest BCUT2D eigenvalue weighted by molar-refractivity contribution is 7.99. The molecule has 2 heterocycles. The van der Waals surface area contributed by atoms with Crippen LogP contribution in [0.25, 0.3) is 11.1 Å². The maximum atomic E-state index is 14.1. The van der Waals surface area contributed by atoms with E-state index >= 15 is 0 Å². The number of amides is 1. The smallest absolute Gasteiger partial charge is 0.408 e. The van der Waals surface area contributed by atoms with E-state index in [1.165, 1.54) is 28.5 Å². The number of nitrogens with zero attached hydrogens (tertiary/aromatic N) is 2. The number of hydrogen-bond donors (Lipinski definition) is 0. The second-order valence-corrected chi connectivity index (χ2v) is 7.52. The van der Waals surface area contributed by atoms with Crippen LogP contribution in [0.15, 0.2) is 51.7 Å². The molecular weight excluding hydrogens is 379 g/mol. The molecule has 2 aromatic carbocycles. The highest BCUT2D eigenvalue weighted by atomic mass is 35.5. The molecule has 1 saturated heterocycles. The highest BCUT2D eigenvalue weighted by Gasteiger charge is 2.32. The first-order valence-electron chi connectivity index (χ1n) is 7.99. The number of fused-ring (bicyclic) bond motifs is 1. The molecule has 8 heteroatoms. The van der Waals surface area contributed by atoms with Gasteiger partial charge in [-0.25, -0.2) is 9.18 Å². The van der Waals surface area contributed by atoms with Crippen molar-refractivity contribution >= 4 is 40.4 Å². The van der Waals surface area contributed by atoms with Gasteiger partial charge < -0.3 is 9.32 Å². The van der Waals surface area contributed by atoms with Crippen LogP contribution in [0.3, 0.4) is 0 Å². The van der Waals surface area contributed by atoms with E-state index in [-0.39, 0.29) is 18.3 Å². The zero-order valence-electron chi connectivity index (χ0n) is 13.5. The quantitative estimate of drug-likeness (QED) is 0.682. The van der Waals surface area contributed by atoms with E-state index in [2.05, 4.69) is 0 Å². The number of oxazole rings is 1. The van der Waals surface area contributed by atoms with Gasteiger partial charge in [-0.3, -0.25) is 9.36 Å². The first-order chi connectivity index (χ1) is 12.5. The molecule has 0 radical (unpaired) electrons. The van der Waals surface area contributed by atoms with Crippen molar-refractivity contribution in [3.05, 3.63) is 69.4 Å². The zero-order valence-corrected chi connectivity index (χ0v) is 15.1. The predicted octanol–water partition coefficient (Wildman–Crippen LogP) is 3.66. The van der Waals surface area contributed by atoms with Crippen molar-refractivity contribution in [1.82, 2.24) is 9.47 Å². The molecule has 0 unspecified atom stereocenters. The number of carbonyl (C=O) groups is 1. The molecule has 0 bridgehead atoms. The lowest BCUT2D eigenvalue weighted by Gasteiger charge is -2.24. The van der Waals surface area contributed by atoms with E-state index in [1.807, 2.05) is 0 Å². The molecule has 134 valence electrons. The first kappa shape index (κ1) is 17.2. The Morgan fingerprint density at radius 1 is 1.31 bits per heavy atom. The summed E-state index contributed by atoms with van der Waals surface area (Å²) in [5.41, 5.74) is 1.30. The molecule has 4 rings (SSSR count). The largest absolute Gasteiger partial charge is 0.420 e. The lowest BCUT2D eigenvalue weighted by atomic mass is 10.2. The molecule has 1 atom stereocenters. The van der Waals surface area contributed by atoms with Crippen LogP contribution >= 0.6 is 23.4 Å². The Kier molecular flexibility index (Phi) is 4.50. The molecule has 5 nitrogen and oxygen atoms in total. The minimum absolute atomic E-state index is 0.168. The van der Waals surface area contributed by atoms with Gasteiger partial charge in [0.2, 0.25) is 5.91 Å². The molecule has 26 heavy (non-hydrogen) atoms. The minimum Gasteiger partial charge on any atom is -0.408 e. The average Bonchev–Trinajstić information content (AvgIpc) is 3.20. The monoisotopic (exact) mass is 392 g/mol. The van der Waals surface area contributed by atoms with Crippen LogP contribution in [0, 0.1) is 5.82 Å². The van der Waals surface area contributed by atoms with Crippen LogP contribution in [0.5, 0.6) is 0 Å². The van der Waals surface area contributed by atoms with Gasteiger partial charge in [0, 0.05) is 29.0 Å². The van der Waals surface area contributed by atoms with E-state index in [0.717, 1.165) is 0 Å². The lowest BCUT2D eigenvalue weighted by Crippen LogP contribution is -2.35. The van der Waals surface area contributed by atoms with Gasteiger partial charge in [0.25, 0.3) is 0 Å². The number of carbonyl (C=O) groups excluding carboxylic acids is 1. The lowest BCUT2D eigenvalue weighted by molar-refractivity contribution is -0.132. The number of rotatable bonds is 3. The van der Waals surface area contributed by atoms with Gasteiger partial charge in [0.1, 0.15) is 17.7 Å². The molecule has 1 aliphatic rings. The summed E-state index contributed by atoms with van der Waals surface area (Å²) in [6.07, 6.45) is 0. The van der Waals surface area contributed by atoms with Gasteiger partial charge in [-0.2, -0.15) is 0 Å². The Bertz CT molecular complexity index is 1050. The Morgan fingerprint density at radius 2 is 2.12 bits per heavy atom. The van der Waals surface area contributed by atoms with E-state index < -0.39 is 11.1 Å². The zero-order chi connectivity index (χ0) is 18.3. The van der Waals surface area contributed by atoms with E-state index in [4.69, 9.17) is 16.0 Å². The standard InChI is InChI=1S/C18H14ClFN2O3S/c19-11-5-6-14-15(9-11)25-18(24)22(14)10-16(23)21-7-8-26-17(21)12-3-1-2-4-13(12)20/h1-6,9,17H,7-8,10H2/t17-/m1/s1. The molecule has 1 amide bonds. The van der Waals surface area contributed by atoms with Crippen LogP contribution < -0.4 is 5.76 Å². The Labute approximate surface area is 157 Å². The van der Waals surface area contributed by atoms with Crippen molar-refractivity contribution in [2.75, 3.05) is 12.3 Å². The van der Waals surface area contributed by atoms with Crippen LogP contribution in [-0.4, -0.2) is 27.7 Å². The van der Waals surface area contributed by atoms with Gasteiger partial charge in [-0.05, 0) is 18.2 Å². The molecule has 1 fully saturated rings.